The van der Waals surface area contributed by atoms with Crippen LogP contribution in [0.25, 0.3) is 0 Å². The predicted octanol–water partition coefficient (Wildman–Crippen LogP) is 1.96. The molecule has 0 spiro atoms. The molecule has 3 N–H and O–H groups in total. The second-order valence-electron chi connectivity index (χ2n) is 4.71. The Kier molecular flexibility index (Phi) is 5.40. The fourth-order valence-corrected chi connectivity index (χ4v) is 1.78. The maximum atomic E-state index is 10.1. The second-order valence-corrected chi connectivity index (χ2v) is 5.12. The van der Waals surface area contributed by atoms with Crippen LogP contribution in [-0.4, -0.2) is 36.7 Å². The maximum Gasteiger partial charge on any atom is 0.0941 e. The van der Waals surface area contributed by atoms with E-state index in [1.54, 1.807) is 6.07 Å². The first kappa shape index (κ1) is 14.5. The third-order valence-electron chi connectivity index (χ3n) is 2.84. The van der Waals surface area contributed by atoms with Gasteiger partial charge in [0.25, 0.3) is 0 Å². The highest BCUT2D eigenvalue weighted by Gasteiger charge is 2.17. The lowest BCUT2D eigenvalue weighted by Crippen LogP contribution is -2.32. The van der Waals surface area contributed by atoms with Crippen molar-refractivity contribution in [2.75, 3.05) is 20.6 Å². The van der Waals surface area contributed by atoms with Crippen molar-refractivity contribution in [2.24, 2.45) is 5.73 Å². The Morgan fingerprint density at radius 2 is 2.06 bits per heavy atom. The van der Waals surface area contributed by atoms with Gasteiger partial charge in [-0.3, -0.25) is 0 Å². The summed E-state index contributed by atoms with van der Waals surface area (Å²) in [6.45, 7) is 2.79. The number of hydrogen-bond donors (Lipinski definition) is 2. The highest BCUT2D eigenvalue weighted by molar-refractivity contribution is 6.31. The van der Waals surface area contributed by atoms with Gasteiger partial charge < -0.3 is 15.7 Å². The van der Waals surface area contributed by atoms with E-state index in [1.165, 1.54) is 0 Å². The van der Waals surface area contributed by atoms with E-state index in [9.17, 15) is 5.11 Å². The lowest BCUT2D eigenvalue weighted by atomic mass is 9.99. The number of nitrogens with two attached hydrogens (primary N) is 1. The fourth-order valence-electron chi connectivity index (χ4n) is 1.66. The molecule has 0 saturated carbocycles. The Labute approximate surface area is 108 Å². The largest absolute Gasteiger partial charge is 0.387 e. The fraction of sp³-hybridized carbons (Fsp3) is 0.538. The van der Waals surface area contributed by atoms with Crippen molar-refractivity contribution in [3.8, 4) is 0 Å². The number of aryl methyl sites for hydroxylation is 1. The van der Waals surface area contributed by atoms with Crippen LogP contribution in [0.15, 0.2) is 18.2 Å². The maximum absolute atomic E-state index is 10.1. The second kappa shape index (κ2) is 6.36. The van der Waals surface area contributed by atoms with E-state index in [0.29, 0.717) is 5.02 Å². The van der Waals surface area contributed by atoms with Crippen LogP contribution in [0.4, 0.5) is 0 Å². The summed E-state index contributed by atoms with van der Waals surface area (Å²) in [6, 6.07) is 5.27. The third kappa shape index (κ3) is 4.28. The van der Waals surface area contributed by atoms with Gasteiger partial charge in [-0.25, -0.2) is 0 Å². The molecule has 0 fully saturated rings. The van der Waals surface area contributed by atoms with Crippen molar-refractivity contribution in [1.29, 1.82) is 0 Å². The summed E-state index contributed by atoms with van der Waals surface area (Å²) in [7, 11) is 3.98. The van der Waals surface area contributed by atoms with Crippen LogP contribution in [0, 0.1) is 6.92 Å². The lowest BCUT2D eigenvalue weighted by molar-refractivity contribution is 0.137. The average Bonchev–Trinajstić information content (AvgIpc) is 2.28. The topological polar surface area (TPSA) is 49.5 Å². The SMILES string of the molecule is Cc1cc(C(O)C(N)CCN(C)C)ccc1Cl. The van der Waals surface area contributed by atoms with E-state index in [-0.39, 0.29) is 6.04 Å². The minimum absolute atomic E-state index is 0.252. The van der Waals surface area contributed by atoms with Crippen LogP contribution in [-0.2, 0) is 0 Å². The zero-order valence-corrected chi connectivity index (χ0v) is 11.4. The molecule has 0 aliphatic heterocycles. The molecule has 0 bridgehead atoms. The number of nitrogens with zero attached hydrogens (tertiary/aromatic N) is 1. The Morgan fingerprint density at radius 3 is 2.59 bits per heavy atom. The Balaban J connectivity index is 2.67. The van der Waals surface area contributed by atoms with Gasteiger partial charge in [0.15, 0.2) is 0 Å². The van der Waals surface area contributed by atoms with Crippen LogP contribution in [0.2, 0.25) is 5.02 Å². The molecular weight excluding hydrogens is 236 g/mol. The van der Waals surface area contributed by atoms with E-state index in [4.69, 9.17) is 17.3 Å². The zero-order valence-electron chi connectivity index (χ0n) is 10.7. The van der Waals surface area contributed by atoms with Crippen molar-refractivity contribution in [2.45, 2.75) is 25.5 Å². The molecule has 2 unspecified atom stereocenters. The first-order chi connectivity index (χ1) is 7.91. The van der Waals surface area contributed by atoms with Crippen molar-refractivity contribution in [3.05, 3.63) is 34.3 Å². The first-order valence-electron chi connectivity index (χ1n) is 5.76. The quantitative estimate of drug-likeness (QED) is 0.847. The molecule has 0 aliphatic rings. The van der Waals surface area contributed by atoms with Gasteiger partial charge in [0.1, 0.15) is 0 Å². The third-order valence-corrected chi connectivity index (χ3v) is 3.26. The molecule has 96 valence electrons. The first-order valence-corrected chi connectivity index (χ1v) is 6.14. The van der Waals surface area contributed by atoms with Crippen LogP contribution in [0.1, 0.15) is 23.7 Å². The molecular formula is C13H21ClN2O. The van der Waals surface area contributed by atoms with Crippen LogP contribution < -0.4 is 5.73 Å². The smallest absolute Gasteiger partial charge is 0.0941 e. The summed E-state index contributed by atoms with van der Waals surface area (Å²) in [5, 5.41) is 10.8. The minimum atomic E-state index is -0.633. The van der Waals surface area contributed by atoms with Gasteiger partial charge in [-0.05, 0) is 51.2 Å². The molecule has 17 heavy (non-hydrogen) atoms. The summed E-state index contributed by atoms with van der Waals surface area (Å²) in [6.07, 6.45) is 0.126. The zero-order chi connectivity index (χ0) is 13.0. The predicted molar refractivity (Wildman–Crippen MR) is 72.3 cm³/mol. The minimum Gasteiger partial charge on any atom is -0.387 e. The number of aliphatic hydroxyl groups excluding tert-OH is 1. The molecule has 0 radical (unpaired) electrons. The van der Waals surface area contributed by atoms with Gasteiger partial charge >= 0.3 is 0 Å². The van der Waals surface area contributed by atoms with Gasteiger partial charge in [0.05, 0.1) is 6.10 Å². The highest BCUT2D eigenvalue weighted by Crippen LogP contribution is 2.23. The summed E-state index contributed by atoms with van der Waals surface area (Å²) in [5.74, 6) is 0. The van der Waals surface area contributed by atoms with E-state index < -0.39 is 6.10 Å². The molecule has 1 aromatic carbocycles. The van der Waals surface area contributed by atoms with E-state index >= 15 is 0 Å². The van der Waals surface area contributed by atoms with Crippen molar-refractivity contribution in [1.82, 2.24) is 4.90 Å². The number of halogens is 1. The monoisotopic (exact) mass is 256 g/mol. The number of benzene rings is 1. The van der Waals surface area contributed by atoms with E-state index in [1.807, 2.05) is 33.2 Å². The Bertz CT molecular complexity index is 368. The van der Waals surface area contributed by atoms with E-state index in [0.717, 1.165) is 24.1 Å². The van der Waals surface area contributed by atoms with E-state index in [2.05, 4.69) is 4.90 Å². The number of rotatable bonds is 5. The number of hydrogen-bond acceptors (Lipinski definition) is 3. The molecule has 1 aromatic rings. The summed E-state index contributed by atoms with van der Waals surface area (Å²) in [4.78, 5) is 2.06. The molecule has 2 atom stereocenters. The Morgan fingerprint density at radius 1 is 1.41 bits per heavy atom. The molecule has 0 saturated heterocycles. The van der Waals surface area contributed by atoms with Crippen molar-refractivity contribution < 1.29 is 5.11 Å². The van der Waals surface area contributed by atoms with Gasteiger partial charge in [-0.1, -0.05) is 23.7 Å². The molecule has 1 rings (SSSR count). The van der Waals surface area contributed by atoms with Gasteiger partial charge in [0, 0.05) is 11.1 Å². The van der Waals surface area contributed by atoms with Crippen LogP contribution in [0.3, 0.4) is 0 Å². The van der Waals surface area contributed by atoms with Gasteiger partial charge in [0.2, 0.25) is 0 Å². The average molecular weight is 257 g/mol. The summed E-state index contributed by atoms with van der Waals surface area (Å²) < 4.78 is 0. The van der Waals surface area contributed by atoms with Crippen LogP contribution >= 0.6 is 11.6 Å². The Hall–Kier alpha value is -0.610. The van der Waals surface area contributed by atoms with Crippen molar-refractivity contribution in [3.63, 3.8) is 0 Å². The highest BCUT2D eigenvalue weighted by atomic mass is 35.5. The summed E-state index contributed by atoms with van der Waals surface area (Å²) in [5.41, 5.74) is 7.77. The molecule has 4 heteroatoms. The summed E-state index contributed by atoms with van der Waals surface area (Å²) >= 11 is 5.95. The van der Waals surface area contributed by atoms with Gasteiger partial charge in [-0.15, -0.1) is 0 Å². The molecule has 3 nitrogen and oxygen atoms in total. The number of aliphatic hydroxyl groups is 1. The van der Waals surface area contributed by atoms with Crippen molar-refractivity contribution >= 4 is 11.6 Å². The molecule has 0 heterocycles. The molecule has 0 amide bonds. The molecule has 0 aliphatic carbocycles. The van der Waals surface area contributed by atoms with Gasteiger partial charge in [-0.2, -0.15) is 0 Å². The normalized spacial score (nSPS) is 15.0. The lowest BCUT2D eigenvalue weighted by Gasteiger charge is -2.21. The van der Waals surface area contributed by atoms with Crippen LogP contribution in [0.5, 0.6) is 0 Å². The standard InChI is InChI=1S/C13H21ClN2O/c1-9-8-10(4-5-11(9)14)13(17)12(15)6-7-16(2)3/h4-5,8,12-13,17H,6-7,15H2,1-3H3. The molecule has 0 aromatic heterocycles.